The van der Waals surface area contributed by atoms with Crippen LogP contribution in [0.25, 0.3) is 0 Å². The van der Waals surface area contributed by atoms with Crippen molar-refractivity contribution in [3.8, 4) is 0 Å². The molecule has 1 rings (SSSR count). The molecule has 0 aromatic carbocycles. The summed E-state index contributed by atoms with van der Waals surface area (Å²) in [5, 5.41) is 1.64. The second-order valence-corrected chi connectivity index (χ2v) is 6.92. The molecule has 0 bridgehead atoms. The minimum absolute atomic E-state index is 1.06. The summed E-state index contributed by atoms with van der Waals surface area (Å²) in [4.78, 5) is 0. The normalized spacial score (nSPS) is 28.8. The molecule has 0 aliphatic carbocycles. The van der Waals surface area contributed by atoms with Crippen molar-refractivity contribution in [2.24, 2.45) is 4.40 Å². The Hall–Kier alpha value is 0.0743. The third-order valence-corrected chi connectivity index (χ3v) is 4.89. The topological polar surface area (TPSA) is 46.5 Å². The molecule has 1 atom stereocenters. The summed E-state index contributed by atoms with van der Waals surface area (Å²) in [6.07, 6.45) is 3.21. The molecule has 1 aliphatic rings. The van der Waals surface area contributed by atoms with E-state index in [9.17, 15) is 6.65 Å². The molecule has 0 aromatic heterocycles. The number of nitrogens with zero attached hydrogens (tertiary/aromatic N) is 1. The van der Waals surface area contributed by atoms with E-state index in [-0.39, 0.29) is 0 Å². The second kappa shape index (κ2) is 2.57. The average molecular weight is 166 g/mol. The fourth-order valence-electron chi connectivity index (χ4n) is 0.377. The SMILES string of the molecule is [O]=[Ti](=[O])[SH]1C=CC=N1. The van der Waals surface area contributed by atoms with E-state index < -0.39 is 25.2 Å². The molecule has 0 saturated heterocycles. The van der Waals surface area contributed by atoms with Crippen molar-refractivity contribution in [2.45, 2.75) is 0 Å². The number of allylic oxidation sites excluding steroid dienone is 1. The van der Waals surface area contributed by atoms with Gasteiger partial charge in [0.15, 0.2) is 0 Å². The van der Waals surface area contributed by atoms with E-state index in [1.165, 1.54) is 6.21 Å². The van der Waals surface area contributed by atoms with Gasteiger partial charge in [-0.05, 0) is 0 Å². The first-order valence-electron chi connectivity index (χ1n) is 2.01. The quantitative estimate of drug-likeness (QED) is 0.460. The molecule has 0 aromatic rings. The standard InChI is InChI=1S/C3H3NS.2O.Ti/c1-2-4-5-3-1;;;/h1-3H;;;/q;;;-1/p+1. The molecule has 1 aliphatic heterocycles. The van der Waals surface area contributed by atoms with Crippen LogP contribution in [0, 0.1) is 0 Å². The predicted octanol–water partition coefficient (Wildman–Crippen LogP) is 0.725. The first kappa shape index (κ1) is 6.20. The Bertz CT molecular complexity index is 187. The summed E-state index contributed by atoms with van der Waals surface area (Å²) in [5.41, 5.74) is 0. The summed E-state index contributed by atoms with van der Waals surface area (Å²) in [6.45, 7) is 0. The molecular formula is C3H4NO2STi. The summed E-state index contributed by atoms with van der Waals surface area (Å²) < 4.78 is 24.1. The van der Waals surface area contributed by atoms with Gasteiger partial charge < -0.3 is 0 Å². The molecular weight excluding hydrogens is 162 g/mol. The number of hydrogen-bond donors (Lipinski definition) is 1. The van der Waals surface area contributed by atoms with Crippen molar-refractivity contribution in [1.29, 1.82) is 0 Å². The van der Waals surface area contributed by atoms with Crippen molar-refractivity contribution >= 4 is 14.9 Å². The van der Waals surface area contributed by atoms with Crippen LogP contribution >= 0.6 is 8.67 Å². The number of thiol groups is 1. The fraction of sp³-hybridized carbons (Fsp3) is 0. The summed E-state index contributed by atoms with van der Waals surface area (Å²) >= 11 is -3.18. The fourth-order valence-corrected chi connectivity index (χ4v) is 2.86. The van der Waals surface area contributed by atoms with Crippen LogP contribution in [-0.2, 0) is 23.2 Å². The van der Waals surface area contributed by atoms with Gasteiger partial charge in [-0.1, -0.05) is 0 Å². The van der Waals surface area contributed by atoms with Gasteiger partial charge in [0.1, 0.15) is 0 Å². The van der Waals surface area contributed by atoms with Gasteiger partial charge in [0, 0.05) is 0 Å². The molecule has 0 amide bonds. The van der Waals surface area contributed by atoms with Gasteiger partial charge in [0.2, 0.25) is 0 Å². The van der Waals surface area contributed by atoms with Crippen molar-refractivity contribution < 1.29 is 23.2 Å². The molecule has 43 valence electrons. The van der Waals surface area contributed by atoms with Gasteiger partial charge in [-0.3, -0.25) is 0 Å². The Morgan fingerprint density at radius 1 is 1.50 bits per heavy atom. The summed E-state index contributed by atoms with van der Waals surface area (Å²) in [7, 11) is -1.06. The molecule has 1 heterocycles. The molecule has 0 radical (unpaired) electrons. The summed E-state index contributed by atoms with van der Waals surface area (Å²) in [6, 6.07) is 0. The molecule has 3 nitrogen and oxygen atoms in total. The minimum atomic E-state index is -3.18. The van der Waals surface area contributed by atoms with Crippen molar-refractivity contribution in [1.82, 2.24) is 0 Å². The van der Waals surface area contributed by atoms with Crippen LogP contribution in [-0.4, -0.2) is 6.21 Å². The van der Waals surface area contributed by atoms with E-state index in [1.807, 2.05) is 0 Å². The summed E-state index contributed by atoms with van der Waals surface area (Å²) in [5.74, 6) is 0. The first-order valence-corrected chi connectivity index (χ1v) is 6.75. The molecule has 0 fully saturated rings. The molecule has 1 unspecified atom stereocenters. The van der Waals surface area contributed by atoms with E-state index in [2.05, 4.69) is 4.40 Å². The van der Waals surface area contributed by atoms with Gasteiger partial charge in [-0.2, -0.15) is 0 Å². The number of rotatable bonds is 1. The van der Waals surface area contributed by atoms with Crippen LogP contribution in [0.3, 0.4) is 0 Å². The maximum absolute atomic E-state index is 10.2. The van der Waals surface area contributed by atoms with E-state index in [0.29, 0.717) is 0 Å². The predicted molar refractivity (Wildman–Crippen MR) is 28.0 cm³/mol. The van der Waals surface area contributed by atoms with Crippen LogP contribution < -0.4 is 0 Å². The second-order valence-electron chi connectivity index (χ2n) is 1.22. The zero-order valence-electron chi connectivity index (χ0n) is 3.94. The van der Waals surface area contributed by atoms with Gasteiger partial charge in [0.05, 0.1) is 0 Å². The zero-order valence-corrected chi connectivity index (χ0v) is 6.40. The van der Waals surface area contributed by atoms with Gasteiger partial charge in [0.25, 0.3) is 0 Å². The monoisotopic (exact) mass is 166 g/mol. The number of hydrogen-bond acceptors (Lipinski definition) is 3. The van der Waals surface area contributed by atoms with E-state index in [4.69, 9.17) is 0 Å². The Balaban J connectivity index is 2.76. The molecule has 5 heteroatoms. The Labute approximate surface area is 54.1 Å². The van der Waals surface area contributed by atoms with E-state index >= 15 is 0 Å². The third kappa shape index (κ3) is 1.28. The molecule has 0 N–H and O–H groups in total. The molecule has 0 saturated carbocycles. The molecule has 8 heavy (non-hydrogen) atoms. The van der Waals surface area contributed by atoms with Crippen molar-refractivity contribution in [3.05, 3.63) is 11.5 Å². The average Bonchev–Trinajstić information content (AvgIpc) is 2.12. The van der Waals surface area contributed by atoms with Crippen molar-refractivity contribution in [3.63, 3.8) is 0 Å². The Morgan fingerprint density at radius 3 is 2.50 bits per heavy atom. The van der Waals surface area contributed by atoms with Crippen LogP contribution in [0.5, 0.6) is 0 Å². The van der Waals surface area contributed by atoms with Gasteiger partial charge in [-0.15, -0.1) is 0 Å². The first-order chi connectivity index (χ1) is 3.80. The van der Waals surface area contributed by atoms with Crippen LogP contribution in [0.2, 0.25) is 0 Å². The zero-order chi connectivity index (χ0) is 5.98. The van der Waals surface area contributed by atoms with Crippen molar-refractivity contribution in [2.75, 3.05) is 0 Å². The van der Waals surface area contributed by atoms with Gasteiger partial charge >= 0.3 is 53.9 Å². The maximum atomic E-state index is 10.2. The van der Waals surface area contributed by atoms with Gasteiger partial charge in [-0.25, -0.2) is 0 Å². The Morgan fingerprint density at radius 2 is 2.25 bits per heavy atom. The third-order valence-electron chi connectivity index (χ3n) is 0.691. The van der Waals surface area contributed by atoms with Crippen LogP contribution in [0.4, 0.5) is 0 Å². The molecule has 0 spiro atoms. The van der Waals surface area contributed by atoms with Crippen LogP contribution in [0.15, 0.2) is 15.9 Å². The Kier molecular flexibility index (Phi) is 1.99. The van der Waals surface area contributed by atoms with Crippen LogP contribution in [0.1, 0.15) is 0 Å². The van der Waals surface area contributed by atoms with E-state index in [1.54, 1.807) is 11.5 Å². The van der Waals surface area contributed by atoms with E-state index in [0.717, 1.165) is 0 Å².